The molecule has 0 saturated heterocycles. The van der Waals surface area contributed by atoms with Crippen LogP contribution in [-0.4, -0.2) is 19.2 Å². The molecule has 0 unspecified atom stereocenters. The number of anilines is 1. The number of rotatable bonds is 3. The second kappa shape index (κ2) is 4.67. The van der Waals surface area contributed by atoms with Crippen LogP contribution < -0.4 is 5.32 Å². The molecule has 2 aromatic rings. The number of nitrogens with one attached hydrogen (secondary N) is 1. The molecule has 1 heterocycles. The summed E-state index contributed by atoms with van der Waals surface area (Å²) in [6.07, 6.45) is 2.89. The van der Waals surface area contributed by atoms with E-state index in [1.54, 1.807) is 0 Å². The number of hydrogen-bond acceptors (Lipinski definition) is 2. The second-order valence-electron chi connectivity index (χ2n) is 5.43. The van der Waals surface area contributed by atoms with Gasteiger partial charge in [-0.1, -0.05) is 31.2 Å². The summed E-state index contributed by atoms with van der Waals surface area (Å²) in [5.41, 5.74) is 2.09. The number of aromatic nitrogens is 1. The van der Waals surface area contributed by atoms with Crippen molar-refractivity contribution in [2.45, 2.75) is 19.6 Å². The van der Waals surface area contributed by atoms with Crippen molar-refractivity contribution in [3.8, 4) is 0 Å². The lowest BCUT2D eigenvalue weighted by Crippen LogP contribution is -2.31. The van der Waals surface area contributed by atoms with Gasteiger partial charge in [0.1, 0.15) is 0 Å². The van der Waals surface area contributed by atoms with Crippen molar-refractivity contribution in [2.75, 3.05) is 11.5 Å². The monoisotopic (exact) mass is 264 g/mol. The zero-order chi connectivity index (χ0) is 12.5. The van der Waals surface area contributed by atoms with Crippen LogP contribution in [0, 0.1) is 0 Å². The Bertz CT molecular complexity index is 534. The highest BCUT2D eigenvalue weighted by molar-refractivity contribution is 6.76. The number of fused-ring (bicyclic) bond motifs is 1. The van der Waals surface area contributed by atoms with Gasteiger partial charge in [-0.25, -0.2) is 0 Å². The summed E-state index contributed by atoms with van der Waals surface area (Å²) in [5.74, 6) is 0. The minimum Gasteiger partial charge on any atom is -0.387 e. The summed E-state index contributed by atoms with van der Waals surface area (Å²) < 4.78 is 0. The standard InChI is InChI=1S/C13H17ClN2Si/c1-17(2,3)9-16-12-6-7-15-13-8-10(14)4-5-11(12)13/h4-8H,9H2,1-3H3,(H,15,16). The van der Waals surface area contributed by atoms with Crippen LogP contribution in [0.5, 0.6) is 0 Å². The first-order valence-corrected chi connectivity index (χ1v) is 9.82. The molecule has 2 rings (SSSR count). The Balaban J connectivity index is 2.34. The van der Waals surface area contributed by atoms with Crippen molar-refractivity contribution in [2.24, 2.45) is 0 Å². The van der Waals surface area contributed by atoms with Crippen LogP contribution >= 0.6 is 11.6 Å². The van der Waals surface area contributed by atoms with Gasteiger partial charge in [0.2, 0.25) is 0 Å². The van der Waals surface area contributed by atoms with E-state index in [0.717, 1.165) is 27.8 Å². The number of hydrogen-bond donors (Lipinski definition) is 1. The molecule has 0 amide bonds. The third kappa shape index (κ3) is 3.20. The lowest BCUT2D eigenvalue weighted by molar-refractivity contribution is 1.34. The molecule has 0 saturated carbocycles. The molecule has 0 aliphatic rings. The first-order chi connectivity index (χ1) is 7.96. The number of benzene rings is 1. The Morgan fingerprint density at radius 2 is 2.00 bits per heavy atom. The second-order valence-corrected chi connectivity index (χ2v) is 11.3. The van der Waals surface area contributed by atoms with Crippen LogP contribution in [0.2, 0.25) is 24.7 Å². The molecule has 1 aromatic carbocycles. The third-order valence-corrected chi connectivity index (χ3v) is 3.99. The molecule has 1 N–H and O–H groups in total. The normalized spacial score (nSPS) is 11.8. The van der Waals surface area contributed by atoms with E-state index in [9.17, 15) is 0 Å². The Morgan fingerprint density at radius 1 is 1.24 bits per heavy atom. The van der Waals surface area contributed by atoms with E-state index in [1.165, 1.54) is 0 Å². The average molecular weight is 265 g/mol. The van der Waals surface area contributed by atoms with Crippen LogP contribution in [-0.2, 0) is 0 Å². The molecule has 0 fully saturated rings. The smallest absolute Gasteiger partial charge is 0.0737 e. The molecule has 0 atom stereocenters. The molecule has 1 aromatic heterocycles. The largest absolute Gasteiger partial charge is 0.387 e. The van der Waals surface area contributed by atoms with Crippen LogP contribution in [0.15, 0.2) is 30.5 Å². The van der Waals surface area contributed by atoms with Crippen molar-refractivity contribution < 1.29 is 0 Å². The quantitative estimate of drug-likeness (QED) is 0.842. The van der Waals surface area contributed by atoms with Gasteiger partial charge >= 0.3 is 0 Å². The lowest BCUT2D eigenvalue weighted by Gasteiger charge is -2.18. The predicted molar refractivity (Wildman–Crippen MR) is 78.6 cm³/mol. The van der Waals surface area contributed by atoms with Gasteiger partial charge in [0, 0.05) is 28.5 Å². The van der Waals surface area contributed by atoms with Gasteiger partial charge in [0.05, 0.1) is 13.6 Å². The average Bonchev–Trinajstić information content (AvgIpc) is 2.24. The predicted octanol–water partition coefficient (Wildman–Crippen LogP) is 4.18. The fraction of sp³-hybridized carbons (Fsp3) is 0.308. The third-order valence-electron chi connectivity index (χ3n) is 2.51. The van der Waals surface area contributed by atoms with E-state index in [-0.39, 0.29) is 0 Å². The van der Waals surface area contributed by atoms with E-state index in [4.69, 9.17) is 11.6 Å². The highest BCUT2D eigenvalue weighted by atomic mass is 35.5. The summed E-state index contributed by atoms with van der Waals surface area (Å²) in [6.45, 7) is 7.04. The summed E-state index contributed by atoms with van der Waals surface area (Å²) in [5, 5.41) is 5.39. The number of halogens is 1. The van der Waals surface area contributed by atoms with Crippen molar-refractivity contribution in [1.82, 2.24) is 4.98 Å². The summed E-state index contributed by atoms with van der Waals surface area (Å²) in [7, 11) is -1.10. The molecule has 0 bridgehead atoms. The van der Waals surface area contributed by atoms with E-state index < -0.39 is 8.07 Å². The summed E-state index contributed by atoms with van der Waals surface area (Å²) >= 11 is 5.97. The number of pyridine rings is 1. The molecule has 0 aliphatic heterocycles. The van der Waals surface area contributed by atoms with Gasteiger partial charge in [-0.05, 0) is 24.3 Å². The molecule has 4 heteroatoms. The Labute approximate surface area is 108 Å². The van der Waals surface area contributed by atoms with Crippen molar-refractivity contribution >= 4 is 36.3 Å². The molecule has 0 aliphatic carbocycles. The fourth-order valence-corrected chi connectivity index (χ4v) is 2.52. The topological polar surface area (TPSA) is 24.9 Å². The zero-order valence-corrected chi connectivity index (χ0v) is 12.2. The van der Waals surface area contributed by atoms with Crippen LogP contribution in [0.25, 0.3) is 10.9 Å². The molecule has 2 nitrogen and oxygen atoms in total. The molecule has 0 spiro atoms. The maximum absolute atomic E-state index is 5.97. The Hall–Kier alpha value is -1.06. The maximum Gasteiger partial charge on any atom is 0.0737 e. The van der Waals surface area contributed by atoms with Crippen molar-refractivity contribution in [1.29, 1.82) is 0 Å². The molecule has 17 heavy (non-hydrogen) atoms. The van der Waals surface area contributed by atoms with Gasteiger partial charge in [-0.3, -0.25) is 4.98 Å². The van der Waals surface area contributed by atoms with Gasteiger partial charge in [0.15, 0.2) is 0 Å². The van der Waals surface area contributed by atoms with Crippen molar-refractivity contribution in [3.63, 3.8) is 0 Å². The zero-order valence-electron chi connectivity index (χ0n) is 10.4. The van der Waals surface area contributed by atoms with E-state index in [0.29, 0.717) is 0 Å². The molecule has 90 valence electrons. The fourth-order valence-electron chi connectivity index (χ4n) is 1.64. The van der Waals surface area contributed by atoms with Crippen molar-refractivity contribution in [3.05, 3.63) is 35.5 Å². The van der Waals surface area contributed by atoms with E-state index in [1.807, 2.05) is 30.5 Å². The minimum atomic E-state index is -1.10. The van der Waals surface area contributed by atoms with Gasteiger partial charge in [-0.15, -0.1) is 0 Å². The molecular weight excluding hydrogens is 248 g/mol. The highest BCUT2D eigenvalue weighted by Gasteiger charge is 2.13. The molecular formula is C13H17ClN2Si. The summed E-state index contributed by atoms with van der Waals surface area (Å²) in [6, 6.07) is 7.86. The first kappa shape index (κ1) is 12.4. The minimum absolute atomic E-state index is 0.729. The van der Waals surface area contributed by atoms with Crippen LogP contribution in [0.1, 0.15) is 0 Å². The Kier molecular flexibility index (Phi) is 3.40. The summed E-state index contributed by atoms with van der Waals surface area (Å²) in [4.78, 5) is 4.33. The van der Waals surface area contributed by atoms with E-state index in [2.05, 4.69) is 29.9 Å². The van der Waals surface area contributed by atoms with Gasteiger partial charge in [-0.2, -0.15) is 0 Å². The Morgan fingerprint density at radius 3 is 2.71 bits per heavy atom. The first-order valence-electron chi connectivity index (χ1n) is 5.74. The highest BCUT2D eigenvalue weighted by Crippen LogP contribution is 2.24. The van der Waals surface area contributed by atoms with Gasteiger partial charge < -0.3 is 5.32 Å². The van der Waals surface area contributed by atoms with Gasteiger partial charge in [0.25, 0.3) is 0 Å². The van der Waals surface area contributed by atoms with Crippen LogP contribution in [0.3, 0.4) is 0 Å². The van der Waals surface area contributed by atoms with E-state index >= 15 is 0 Å². The maximum atomic E-state index is 5.97. The number of nitrogens with zero attached hydrogens (tertiary/aromatic N) is 1. The SMILES string of the molecule is C[Si](C)(C)CNc1ccnc2cc(Cl)ccc12. The molecule has 0 radical (unpaired) electrons. The lowest BCUT2D eigenvalue weighted by atomic mass is 10.2. The van der Waals surface area contributed by atoms with Crippen LogP contribution in [0.4, 0.5) is 5.69 Å².